The molecular formula is C9H20O2. The van der Waals surface area contributed by atoms with Crippen LogP contribution < -0.4 is 0 Å². The normalized spacial score (nSPS) is 11.8. The van der Waals surface area contributed by atoms with E-state index in [0.717, 1.165) is 6.42 Å². The average Bonchev–Trinajstić information content (AvgIpc) is 1.89. The summed E-state index contributed by atoms with van der Waals surface area (Å²) in [5, 5.41) is 16.5. The summed E-state index contributed by atoms with van der Waals surface area (Å²) in [6.45, 7) is 9.49. The van der Waals surface area contributed by atoms with E-state index in [1.165, 1.54) is 6.08 Å². The molecule has 0 saturated heterocycles. The minimum atomic E-state index is -0.352. The van der Waals surface area contributed by atoms with Gasteiger partial charge in [-0.15, -0.1) is 6.58 Å². The third-order valence-corrected chi connectivity index (χ3v) is 1.05. The average molecular weight is 160 g/mol. The van der Waals surface area contributed by atoms with E-state index in [1.807, 2.05) is 0 Å². The molecule has 0 amide bonds. The predicted molar refractivity (Wildman–Crippen MR) is 48.4 cm³/mol. The first kappa shape index (κ1) is 13.3. The van der Waals surface area contributed by atoms with Gasteiger partial charge in [0.25, 0.3) is 0 Å². The van der Waals surface area contributed by atoms with Crippen molar-refractivity contribution in [2.75, 3.05) is 6.61 Å². The lowest BCUT2D eigenvalue weighted by Gasteiger charge is -1.95. The van der Waals surface area contributed by atoms with Gasteiger partial charge in [-0.1, -0.05) is 19.9 Å². The van der Waals surface area contributed by atoms with E-state index >= 15 is 0 Å². The van der Waals surface area contributed by atoms with Crippen molar-refractivity contribution >= 4 is 0 Å². The molecule has 68 valence electrons. The molecule has 0 radical (unpaired) electrons. The molecule has 0 saturated carbocycles. The van der Waals surface area contributed by atoms with Gasteiger partial charge in [0.1, 0.15) is 0 Å². The van der Waals surface area contributed by atoms with E-state index < -0.39 is 0 Å². The lowest BCUT2D eigenvalue weighted by Crippen LogP contribution is -1.89. The first-order chi connectivity index (χ1) is 5.04. The zero-order valence-corrected chi connectivity index (χ0v) is 7.75. The Hall–Kier alpha value is -0.340. The molecular weight excluding hydrogens is 140 g/mol. The Morgan fingerprint density at radius 2 is 1.73 bits per heavy atom. The molecule has 2 nitrogen and oxygen atoms in total. The van der Waals surface area contributed by atoms with E-state index in [1.54, 1.807) is 6.92 Å². The molecule has 0 aromatic heterocycles. The van der Waals surface area contributed by atoms with Crippen LogP contribution in [0.4, 0.5) is 0 Å². The summed E-state index contributed by atoms with van der Waals surface area (Å²) in [7, 11) is 0. The van der Waals surface area contributed by atoms with Gasteiger partial charge in [0.15, 0.2) is 0 Å². The quantitative estimate of drug-likeness (QED) is 0.615. The van der Waals surface area contributed by atoms with E-state index in [-0.39, 0.29) is 6.10 Å². The van der Waals surface area contributed by atoms with Crippen LogP contribution in [-0.4, -0.2) is 22.9 Å². The molecule has 0 fully saturated rings. The fraction of sp³-hybridized carbons (Fsp3) is 0.778. The standard InChI is InChI=1S/C5H12O.C4H8O/c1-5(2)3-4-6;1-3-4(2)5/h5-6H,3-4H2,1-2H3;3-5H,1H2,2H3. The summed E-state index contributed by atoms with van der Waals surface area (Å²) >= 11 is 0. The van der Waals surface area contributed by atoms with E-state index in [4.69, 9.17) is 10.2 Å². The van der Waals surface area contributed by atoms with E-state index in [0.29, 0.717) is 12.5 Å². The Balaban J connectivity index is 0. The molecule has 11 heavy (non-hydrogen) atoms. The second-order valence-electron chi connectivity index (χ2n) is 2.88. The minimum absolute atomic E-state index is 0.331. The largest absolute Gasteiger partial charge is 0.396 e. The van der Waals surface area contributed by atoms with Crippen molar-refractivity contribution in [1.29, 1.82) is 0 Å². The third kappa shape index (κ3) is 26.1. The van der Waals surface area contributed by atoms with Crippen molar-refractivity contribution in [1.82, 2.24) is 0 Å². The molecule has 0 rings (SSSR count). The maximum absolute atomic E-state index is 8.24. The Labute approximate surface area is 69.6 Å². The fourth-order valence-corrected chi connectivity index (χ4v) is 0.258. The molecule has 1 atom stereocenters. The highest BCUT2D eigenvalue weighted by atomic mass is 16.3. The van der Waals surface area contributed by atoms with Crippen LogP contribution in [0.3, 0.4) is 0 Å². The van der Waals surface area contributed by atoms with Gasteiger partial charge in [0.05, 0.1) is 6.10 Å². The van der Waals surface area contributed by atoms with Crippen molar-refractivity contribution in [2.45, 2.75) is 33.3 Å². The molecule has 0 aliphatic carbocycles. The highest BCUT2D eigenvalue weighted by Crippen LogP contribution is 1.94. The van der Waals surface area contributed by atoms with Crippen LogP contribution in [0, 0.1) is 5.92 Å². The number of hydrogen-bond acceptors (Lipinski definition) is 2. The zero-order chi connectivity index (χ0) is 9.28. The maximum atomic E-state index is 8.24. The molecule has 2 N–H and O–H groups in total. The molecule has 2 heteroatoms. The molecule has 0 bridgehead atoms. The topological polar surface area (TPSA) is 40.5 Å². The summed E-state index contributed by atoms with van der Waals surface area (Å²) in [5.41, 5.74) is 0. The SMILES string of the molecule is C=CC(C)O.CC(C)CCO. The zero-order valence-electron chi connectivity index (χ0n) is 7.75. The summed E-state index contributed by atoms with van der Waals surface area (Å²) in [6.07, 6.45) is 2.05. The van der Waals surface area contributed by atoms with Crippen molar-refractivity contribution in [3.8, 4) is 0 Å². The Bertz CT molecular complexity index is 77.6. The van der Waals surface area contributed by atoms with Gasteiger partial charge < -0.3 is 10.2 Å². The fourth-order valence-electron chi connectivity index (χ4n) is 0.258. The van der Waals surface area contributed by atoms with E-state index in [2.05, 4.69) is 20.4 Å². The van der Waals surface area contributed by atoms with Gasteiger partial charge in [0, 0.05) is 6.61 Å². The maximum Gasteiger partial charge on any atom is 0.0690 e. The van der Waals surface area contributed by atoms with Crippen LogP contribution >= 0.6 is 0 Å². The lowest BCUT2D eigenvalue weighted by molar-refractivity contribution is 0.244. The Kier molecular flexibility index (Phi) is 11.6. The van der Waals surface area contributed by atoms with Gasteiger partial charge in [-0.05, 0) is 19.3 Å². The molecule has 0 aromatic carbocycles. The van der Waals surface area contributed by atoms with Crippen molar-refractivity contribution in [2.24, 2.45) is 5.92 Å². The van der Waals surface area contributed by atoms with Crippen molar-refractivity contribution < 1.29 is 10.2 Å². The number of hydrogen-bond donors (Lipinski definition) is 2. The predicted octanol–water partition coefficient (Wildman–Crippen LogP) is 1.58. The van der Waals surface area contributed by atoms with Crippen molar-refractivity contribution in [3.05, 3.63) is 12.7 Å². The van der Waals surface area contributed by atoms with Crippen LogP contribution in [-0.2, 0) is 0 Å². The van der Waals surface area contributed by atoms with E-state index in [9.17, 15) is 0 Å². The van der Waals surface area contributed by atoms with Crippen molar-refractivity contribution in [3.63, 3.8) is 0 Å². The second kappa shape index (κ2) is 9.66. The second-order valence-corrected chi connectivity index (χ2v) is 2.88. The Morgan fingerprint density at radius 3 is 1.73 bits per heavy atom. The molecule has 1 unspecified atom stereocenters. The molecule has 0 aliphatic rings. The summed E-state index contributed by atoms with van der Waals surface area (Å²) in [4.78, 5) is 0. The third-order valence-electron chi connectivity index (χ3n) is 1.05. The van der Waals surface area contributed by atoms with Gasteiger partial charge in [0.2, 0.25) is 0 Å². The molecule has 0 aromatic rings. The molecule has 0 aliphatic heterocycles. The first-order valence-electron chi connectivity index (χ1n) is 3.96. The van der Waals surface area contributed by atoms with Crippen LogP contribution in [0.2, 0.25) is 0 Å². The van der Waals surface area contributed by atoms with Crippen LogP contribution in [0.1, 0.15) is 27.2 Å². The smallest absolute Gasteiger partial charge is 0.0690 e. The van der Waals surface area contributed by atoms with Gasteiger partial charge in [-0.2, -0.15) is 0 Å². The molecule has 0 heterocycles. The summed E-state index contributed by atoms with van der Waals surface area (Å²) in [6, 6.07) is 0. The van der Waals surface area contributed by atoms with Gasteiger partial charge >= 0.3 is 0 Å². The molecule has 0 spiro atoms. The van der Waals surface area contributed by atoms with Crippen LogP contribution in [0.25, 0.3) is 0 Å². The van der Waals surface area contributed by atoms with Gasteiger partial charge in [-0.25, -0.2) is 0 Å². The number of aliphatic hydroxyl groups is 2. The monoisotopic (exact) mass is 160 g/mol. The summed E-state index contributed by atoms with van der Waals surface area (Å²) in [5.74, 6) is 0.648. The number of rotatable bonds is 3. The Morgan fingerprint density at radius 1 is 1.36 bits per heavy atom. The minimum Gasteiger partial charge on any atom is -0.396 e. The lowest BCUT2D eigenvalue weighted by atomic mass is 10.2. The summed E-state index contributed by atoms with van der Waals surface area (Å²) < 4.78 is 0. The first-order valence-corrected chi connectivity index (χ1v) is 3.96. The van der Waals surface area contributed by atoms with Crippen LogP contribution in [0.5, 0.6) is 0 Å². The highest BCUT2D eigenvalue weighted by Gasteiger charge is 1.86. The highest BCUT2D eigenvalue weighted by molar-refractivity contribution is 4.72. The number of aliphatic hydroxyl groups excluding tert-OH is 2. The van der Waals surface area contributed by atoms with Crippen LogP contribution in [0.15, 0.2) is 12.7 Å². The van der Waals surface area contributed by atoms with Gasteiger partial charge in [-0.3, -0.25) is 0 Å².